The quantitative estimate of drug-likeness (QED) is 0.761. The largest absolute Gasteiger partial charge is 0.491 e. The highest BCUT2D eigenvalue weighted by Crippen LogP contribution is 2.29. The van der Waals surface area contributed by atoms with E-state index in [4.69, 9.17) is 27.9 Å². The first-order valence-corrected chi connectivity index (χ1v) is 7.66. The number of benzene rings is 2. The number of nitrogens with one attached hydrogen (secondary N) is 1. The first-order chi connectivity index (χ1) is 9.95. The maximum Gasteiger partial charge on any atom is 0.120 e. The minimum atomic E-state index is 0.165. The maximum absolute atomic E-state index is 6.22. The van der Waals surface area contributed by atoms with Gasteiger partial charge in [-0.3, -0.25) is 0 Å². The Morgan fingerprint density at radius 1 is 1.10 bits per heavy atom. The minimum absolute atomic E-state index is 0.165. The van der Waals surface area contributed by atoms with E-state index in [2.05, 4.69) is 5.32 Å². The Kier molecular flexibility index (Phi) is 5.38. The van der Waals surface area contributed by atoms with Crippen LogP contribution in [0.2, 0.25) is 10.0 Å². The fraction of sp³-hybridized carbons (Fsp3) is 0.294. The van der Waals surface area contributed by atoms with E-state index < -0.39 is 0 Å². The van der Waals surface area contributed by atoms with E-state index in [9.17, 15) is 0 Å². The molecule has 0 bridgehead atoms. The van der Waals surface area contributed by atoms with Gasteiger partial charge in [0.05, 0.1) is 16.8 Å². The average Bonchev–Trinajstić information content (AvgIpc) is 2.41. The molecular formula is C17H19Cl2NO. The third-order valence-corrected chi connectivity index (χ3v) is 3.72. The van der Waals surface area contributed by atoms with Crippen LogP contribution < -0.4 is 10.1 Å². The molecule has 0 aromatic heterocycles. The van der Waals surface area contributed by atoms with E-state index >= 15 is 0 Å². The third-order valence-electron chi connectivity index (χ3n) is 3.00. The zero-order valence-corrected chi connectivity index (χ0v) is 13.9. The molecule has 0 saturated carbocycles. The monoisotopic (exact) mass is 323 g/mol. The Bertz CT molecular complexity index is 626. The summed E-state index contributed by atoms with van der Waals surface area (Å²) in [4.78, 5) is 0. The lowest BCUT2D eigenvalue weighted by Crippen LogP contribution is -2.06. The molecule has 2 rings (SSSR count). The van der Waals surface area contributed by atoms with Crippen molar-refractivity contribution in [2.75, 3.05) is 5.32 Å². The Morgan fingerprint density at radius 3 is 2.57 bits per heavy atom. The number of anilines is 1. The van der Waals surface area contributed by atoms with Crippen molar-refractivity contribution >= 4 is 28.9 Å². The topological polar surface area (TPSA) is 21.3 Å². The number of halogens is 2. The summed E-state index contributed by atoms with van der Waals surface area (Å²) in [6, 6.07) is 11.7. The van der Waals surface area contributed by atoms with Gasteiger partial charge in [0.1, 0.15) is 5.75 Å². The van der Waals surface area contributed by atoms with E-state index in [1.807, 2.05) is 57.2 Å². The first-order valence-electron chi connectivity index (χ1n) is 6.91. The van der Waals surface area contributed by atoms with Crippen LogP contribution in [0.5, 0.6) is 5.75 Å². The molecule has 2 aromatic rings. The predicted molar refractivity (Wildman–Crippen MR) is 90.7 cm³/mol. The molecule has 2 aromatic carbocycles. The second kappa shape index (κ2) is 7.06. The summed E-state index contributed by atoms with van der Waals surface area (Å²) < 4.78 is 5.69. The van der Waals surface area contributed by atoms with Crippen molar-refractivity contribution in [1.82, 2.24) is 0 Å². The van der Waals surface area contributed by atoms with Gasteiger partial charge < -0.3 is 10.1 Å². The van der Waals surface area contributed by atoms with Crippen LogP contribution in [0, 0.1) is 6.92 Å². The van der Waals surface area contributed by atoms with Crippen LogP contribution in [-0.4, -0.2) is 6.10 Å². The lowest BCUT2D eigenvalue weighted by Gasteiger charge is -2.13. The van der Waals surface area contributed by atoms with Crippen molar-refractivity contribution < 1.29 is 4.74 Å². The van der Waals surface area contributed by atoms with Gasteiger partial charge in [0.25, 0.3) is 0 Å². The number of rotatable bonds is 5. The Labute approximate surface area is 136 Å². The van der Waals surface area contributed by atoms with Gasteiger partial charge in [-0.25, -0.2) is 0 Å². The van der Waals surface area contributed by atoms with Crippen LogP contribution >= 0.6 is 23.2 Å². The molecular weight excluding hydrogens is 305 g/mol. The lowest BCUT2D eigenvalue weighted by molar-refractivity contribution is 0.242. The standard InChI is InChI=1S/C17H19Cl2NO/c1-11(2)21-14-6-4-5-13(8-14)10-20-17-9-15(18)12(3)7-16(17)19/h4-9,11,20H,10H2,1-3H3. The fourth-order valence-electron chi connectivity index (χ4n) is 1.98. The Morgan fingerprint density at radius 2 is 1.86 bits per heavy atom. The van der Waals surface area contributed by atoms with E-state index in [0.29, 0.717) is 16.6 Å². The summed E-state index contributed by atoms with van der Waals surface area (Å²) in [7, 11) is 0. The van der Waals surface area contributed by atoms with Gasteiger partial charge in [0.15, 0.2) is 0 Å². The molecule has 0 amide bonds. The summed E-state index contributed by atoms with van der Waals surface area (Å²) in [6.45, 7) is 6.62. The van der Waals surface area contributed by atoms with E-state index in [1.165, 1.54) is 0 Å². The van der Waals surface area contributed by atoms with Gasteiger partial charge in [0, 0.05) is 11.6 Å². The summed E-state index contributed by atoms with van der Waals surface area (Å²) in [6.07, 6.45) is 0.165. The molecule has 112 valence electrons. The number of ether oxygens (including phenoxy) is 1. The molecule has 4 heteroatoms. The zero-order chi connectivity index (χ0) is 15.4. The molecule has 0 saturated heterocycles. The van der Waals surface area contributed by atoms with Crippen molar-refractivity contribution in [3.63, 3.8) is 0 Å². The van der Waals surface area contributed by atoms with Crippen molar-refractivity contribution in [3.8, 4) is 5.75 Å². The molecule has 2 nitrogen and oxygen atoms in total. The van der Waals surface area contributed by atoms with Gasteiger partial charge in [0.2, 0.25) is 0 Å². The molecule has 1 N–H and O–H groups in total. The van der Waals surface area contributed by atoms with Gasteiger partial charge >= 0.3 is 0 Å². The van der Waals surface area contributed by atoms with Crippen LogP contribution in [-0.2, 0) is 6.54 Å². The molecule has 0 spiro atoms. The highest BCUT2D eigenvalue weighted by atomic mass is 35.5. The van der Waals surface area contributed by atoms with Gasteiger partial charge in [-0.1, -0.05) is 35.3 Å². The van der Waals surface area contributed by atoms with Crippen molar-refractivity contribution in [2.24, 2.45) is 0 Å². The first kappa shape index (κ1) is 16.0. The van der Waals surface area contributed by atoms with Gasteiger partial charge in [-0.15, -0.1) is 0 Å². The normalized spacial score (nSPS) is 10.8. The molecule has 0 atom stereocenters. The summed E-state index contributed by atoms with van der Waals surface area (Å²) in [5.41, 5.74) is 2.93. The Hall–Kier alpha value is -1.38. The number of hydrogen-bond acceptors (Lipinski definition) is 2. The molecule has 0 aliphatic rings. The van der Waals surface area contributed by atoms with E-state index in [-0.39, 0.29) is 6.10 Å². The van der Waals surface area contributed by atoms with E-state index in [0.717, 1.165) is 22.6 Å². The molecule has 0 radical (unpaired) electrons. The summed E-state index contributed by atoms with van der Waals surface area (Å²) in [5, 5.41) is 4.69. The van der Waals surface area contributed by atoms with Crippen LogP contribution in [0.3, 0.4) is 0 Å². The van der Waals surface area contributed by atoms with Crippen LogP contribution in [0.1, 0.15) is 25.0 Å². The van der Waals surface area contributed by atoms with Crippen LogP contribution in [0.15, 0.2) is 36.4 Å². The SMILES string of the molecule is Cc1cc(Cl)c(NCc2cccc(OC(C)C)c2)cc1Cl. The number of hydrogen-bond donors (Lipinski definition) is 1. The molecule has 0 heterocycles. The van der Waals surface area contributed by atoms with Crippen LogP contribution in [0.25, 0.3) is 0 Å². The third kappa shape index (κ3) is 4.55. The Balaban J connectivity index is 2.08. The molecule has 0 fully saturated rings. The minimum Gasteiger partial charge on any atom is -0.491 e. The maximum atomic E-state index is 6.22. The molecule has 0 aliphatic carbocycles. The van der Waals surface area contributed by atoms with Gasteiger partial charge in [-0.05, 0) is 56.2 Å². The number of aryl methyl sites for hydroxylation is 1. The molecule has 0 unspecified atom stereocenters. The lowest BCUT2D eigenvalue weighted by atomic mass is 10.2. The predicted octanol–water partition coefficient (Wildman–Crippen LogP) is 5.70. The van der Waals surface area contributed by atoms with Crippen molar-refractivity contribution in [2.45, 2.75) is 33.4 Å². The van der Waals surface area contributed by atoms with Crippen molar-refractivity contribution in [3.05, 3.63) is 57.6 Å². The smallest absolute Gasteiger partial charge is 0.120 e. The van der Waals surface area contributed by atoms with E-state index in [1.54, 1.807) is 0 Å². The zero-order valence-electron chi connectivity index (χ0n) is 12.4. The summed E-state index contributed by atoms with van der Waals surface area (Å²) >= 11 is 12.4. The van der Waals surface area contributed by atoms with Gasteiger partial charge in [-0.2, -0.15) is 0 Å². The fourth-order valence-corrected chi connectivity index (χ4v) is 2.43. The second-order valence-electron chi connectivity index (χ2n) is 5.25. The second-order valence-corrected chi connectivity index (χ2v) is 6.06. The highest BCUT2D eigenvalue weighted by molar-refractivity contribution is 6.35. The van der Waals surface area contributed by atoms with Crippen molar-refractivity contribution in [1.29, 1.82) is 0 Å². The van der Waals surface area contributed by atoms with Crippen LogP contribution in [0.4, 0.5) is 5.69 Å². The highest BCUT2D eigenvalue weighted by Gasteiger charge is 2.05. The average molecular weight is 324 g/mol. The molecule has 21 heavy (non-hydrogen) atoms. The molecule has 0 aliphatic heterocycles. The summed E-state index contributed by atoms with van der Waals surface area (Å²) in [5.74, 6) is 0.873.